The SMILES string of the molecule is O=[N+]([O-])c1cccc(N=Cc2ccc(OCc3ccccc3)cc2)c1. The molecule has 0 aliphatic rings. The van der Waals surface area contributed by atoms with Crippen LogP contribution in [0.1, 0.15) is 11.1 Å². The van der Waals surface area contributed by atoms with Crippen molar-refractivity contribution in [2.24, 2.45) is 4.99 Å². The van der Waals surface area contributed by atoms with Crippen LogP contribution < -0.4 is 4.74 Å². The number of hydrogen-bond donors (Lipinski definition) is 0. The van der Waals surface area contributed by atoms with Gasteiger partial charge in [0.15, 0.2) is 0 Å². The van der Waals surface area contributed by atoms with Crippen molar-refractivity contribution in [2.45, 2.75) is 6.61 Å². The molecule has 0 N–H and O–H groups in total. The molecule has 0 fully saturated rings. The van der Waals surface area contributed by atoms with E-state index in [1.807, 2.05) is 54.6 Å². The Morgan fingerprint density at radius 3 is 2.44 bits per heavy atom. The van der Waals surface area contributed by atoms with Crippen LogP contribution in [0.2, 0.25) is 0 Å². The van der Waals surface area contributed by atoms with E-state index in [0.717, 1.165) is 16.9 Å². The summed E-state index contributed by atoms with van der Waals surface area (Å²) in [7, 11) is 0. The molecule has 0 saturated heterocycles. The van der Waals surface area contributed by atoms with Gasteiger partial charge in [0.05, 0.1) is 10.6 Å². The first-order valence-corrected chi connectivity index (χ1v) is 7.76. The summed E-state index contributed by atoms with van der Waals surface area (Å²) in [5.74, 6) is 0.774. The summed E-state index contributed by atoms with van der Waals surface area (Å²) in [6, 6.07) is 23.7. The smallest absolute Gasteiger partial charge is 0.271 e. The van der Waals surface area contributed by atoms with E-state index in [-0.39, 0.29) is 5.69 Å². The normalized spacial score (nSPS) is 10.7. The van der Waals surface area contributed by atoms with Crippen molar-refractivity contribution >= 4 is 17.6 Å². The third-order valence-corrected chi connectivity index (χ3v) is 3.53. The van der Waals surface area contributed by atoms with Gasteiger partial charge in [0, 0.05) is 18.3 Å². The van der Waals surface area contributed by atoms with Crippen LogP contribution >= 0.6 is 0 Å². The molecule has 3 rings (SSSR count). The van der Waals surface area contributed by atoms with Gasteiger partial charge in [-0.3, -0.25) is 15.1 Å². The lowest BCUT2D eigenvalue weighted by Crippen LogP contribution is -1.95. The van der Waals surface area contributed by atoms with E-state index in [0.29, 0.717) is 12.3 Å². The first kappa shape index (κ1) is 16.4. The van der Waals surface area contributed by atoms with Gasteiger partial charge in [-0.15, -0.1) is 0 Å². The predicted molar refractivity (Wildman–Crippen MR) is 97.6 cm³/mol. The average Bonchev–Trinajstić information content (AvgIpc) is 2.66. The zero-order chi connectivity index (χ0) is 17.5. The van der Waals surface area contributed by atoms with Crippen LogP contribution in [0.4, 0.5) is 11.4 Å². The minimum Gasteiger partial charge on any atom is -0.489 e. The second kappa shape index (κ2) is 7.88. The van der Waals surface area contributed by atoms with Crippen LogP contribution in [0.3, 0.4) is 0 Å². The standard InChI is InChI=1S/C20H16N2O3/c23-22(24)19-8-4-7-18(13-19)21-14-16-9-11-20(12-10-16)25-15-17-5-2-1-3-6-17/h1-14H,15H2. The average molecular weight is 332 g/mol. The number of hydrogen-bond acceptors (Lipinski definition) is 4. The maximum atomic E-state index is 10.8. The van der Waals surface area contributed by atoms with Gasteiger partial charge in [0.2, 0.25) is 0 Å². The Kier molecular flexibility index (Phi) is 5.16. The van der Waals surface area contributed by atoms with Crippen molar-refractivity contribution in [3.05, 3.63) is 100 Å². The van der Waals surface area contributed by atoms with E-state index in [9.17, 15) is 10.1 Å². The zero-order valence-corrected chi connectivity index (χ0v) is 13.4. The second-order valence-corrected chi connectivity index (χ2v) is 5.38. The molecule has 3 aromatic carbocycles. The lowest BCUT2D eigenvalue weighted by molar-refractivity contribution is -0.384. The van der Waals surface area contributed by atoms with Gasteiger partial charge in [-0.1, -0.05) is 36.4 Å². The van der Waals surface area contributed by atoms with Crippen molar-refractivity contribution in [3.8, 4) is 5.75 Å². The monoisotopic (exact) mass is 332 g/mol. The second-order valence-electron chi connectivity index (χ2n) is 5.38. The number of nitro groups is 1. The predicted octanol–water partition coefficient (Wildman–Crippen LogP) is 4.92. The van der Waals surface area contributed by atoms with E-state index >= 15 is 0 Å². The van der Waals surface area contributed by atoms with Gasteiger partial charge in [-0.2, -0.15) is 0 Å². The minimum absolute atomic E-state index is 0.0271. The number of benzene rings is 3. The molecular weight excluding hydrogens is 316 g/mol. The fourth-order valence-corrected chi connectivity index (χ4v) is 2.23. The highest BCUT2D eigenvalue weighted by Crippen LogP contribution is 2.20. The van der Waals surface area contributed by atoms with Gasteiger partial charge < -0.3 is 4.74 Å². The van der Waals surface area contributed by atoms with Crippen molar-refractivity contribution in [1.29, 1.82) is 0 Å². The van der Waals surface area contributed by atoms with Crippen LogP contribution in [0.5, 0.6) is 5.75 Å². The summed E-state index contributed by atoms with van der Waals surface area (Å²) in [5, 5.41) is 10.8. The summed E-state index contributed by atoms with van der Waals surface area (Å²) in [5.41, 5.74) is 2.57. The molecule has 0 bridgehead atoms. The Morgan fingerprint density at radius 1 is 0.960 bits per heavy atom. The fraction of sp³-hybridized carbons (Fsp3) is 0.0500. The number of non-ortho nitro benzene ring substituents is 1. The molecule has 25 heavy (non-hydrogen) atoms. The van der Waals surface area contributed by atoms with Crippen LogP contribution in [0.25, 0.3) is 0 Å². The third-order valence-electron chi connectivity index (χ3n) is 3.53. The largest absolute Gasteiger partial charge is 0.489 e. The molecule has 124 valence electrons. The Labute approximate surface area is 145 Å². The molecule has 0 atom stereocenters. The molecule has 3 aromatic rings. The number of aliphatic imine (C=N–C) groups is 1. The van der Waals surface area contributed by atoms with E-state index < -0.39 is 4.92 Å². The summed E-state index contributed by atoms with van der Waals surface area (Å²) >= 11 is 0. The molecule has 0 aliphatic carbocycles. The number of nitro benzene ring substituents is 1. The van der Waals surface area contributed by atoms with Crippen LogP contribution in [-0.4, -0.2) is 11.1 Å². The summed E-state index contributed by atoms with van der Waals surface area (Å²) in [4.78, 5) is 14.6. The third kappa shape index (κ3) is 4.75. The Morgan fingerprint density at radius 2 is 1.72 bits per heavy atom. The molecule has 0 amide bonds. The van der Waals surface area contributed by atoms with Crippen molar-refractivity contribution in [3.63, 3.8) is 0 Å². The lowest BCUT2D eigenvalue weighted by atomic mass is 10.2. The van der Waals surface area contributed by atoms with Crippen molar-refractivity contribution in [1.82, 2.24) is 0 Å². The maximum absolute atomic E-state index is 10.8. The summed E-state index contributed by atoms with van der Waals surface area (Å²) in [6.45, 7) is 0.516. The van der Waals surface area contributed by atoms with Crippen LogP contribution in [-0.2, 0) is 6.61 Å². The summed E-state index contributed by atoms with van der Waals surface area (Å²) < 4.78 is 5.73. The maximum Gasteiger partial charge on any atom is 0.271 e. The van der Waals surface area contributed by atoms with E-state index in [1.165, 1.54) is 12.1 Å². The highest BCUT2D eigenvalue weighted by Gasteiger charge is 2.04. The van der Waals surface area contributed by atoms with Gasteiger partial charge in [-0.25, -0.2) is 0 Å². The molecule has 0 spiro atoms. The number of nitrogens with zero attached hydrogens (tertiary/aromatic N) is 2. The van der Waals surface area contributed by atoms with Crippen LogP contribution in [0, 0.1) is 10.1 Å². The van der Waals surface area contributed by atoms with Crippen molar-refractivity contribution in [2.75, 3.05) is 0 Å². The summed E-state index contributed by atoms with van der Waals surface area (Å²) in [6.07, 6.45) is 1.67. The van der Waals surface area contributed by atoms with Gasteiger partial charge in [-0.05, 0) is 41.5 Å². The Hall–Kier alpha value is -3.47. The quantitative estimate of drug-likeness (QED) is 0.365. The van der Waals surface area contributed by atoms with E-state index in [4.69, 9.17) is 4.74 Å². The molecule has 0 saturated carbocycles. The minimum atomic E-state index is -0.433. The molecule has 0 heterocycles. The number of rotatable bonds is 6. The first-order chi connectivity index (χ1) is 12.2. The topological polar surface area (TPSA) is 64.7 Å². The fourth-order valence-electron chi connectivity index (χ4n) is 2.23. The number of ether oxygens (including phenoxy) is 1. The van der Waals surface area contributed by atoms with Crippen molar-refractivity contribution < 1.29 is 9.66 Å². The van der Waals surface area contributed by atoms with E-state index in [1.54, 1.807) is 18.3 Å². The molecule has 5 nitrogen and oxygen atoms in total. The highest BCUT2D eigenvalue weighted by molar-refractivity contribution is 5.82. The Balaban J connectivity index is 1.62. The highest BCUT2D eigenvalue weighted by atomic mass is 16.6. The molecule has 0 radical (unpaired) electrons. The first-order valence-electron chi connectivity index (χ1n) is 7.76. The molecule has 0 aromatic heterocycles. The van der Waals surface area contributed by atoms with E-state index in [2.05, 4.69) is 4.99 Å². The molecular formula is C20H16N2O3. The Bertz CT molecular complexity index is 875. The van der Waals surface area contributed by atoms with Gasteiger partial charge >= 0.3 is 0 Å². The molecule has 0 aliphatic heterocycles. The zero-order valence-electron chi connectivity index (χ0n) is 13.4. The van der Waals surface area contributed by atoms with Gasteiger partial charge in [0.1, 0.15) is 12.4 Å². The molecule has 5 heteroatoms. The van der Waals surface area contributed by atoms with Crippen LogP contribution in [0.15, 0.2) is 83.9 Å². The van der Waals surface area contributed by atoms with Gasteiger partial charge in [0.25, 0.3) is 5.69 Å². The molecule has 0 unspecified atom stereocenters. The lowest BCUT2D eigenvalue weighted by Gasteiger charge is -2.06.